The van der Waals surface area contributed by atoms with Crippen LogP contribution in [0.4, 0.5) is 0 Å². The van der Waals surface area contributed by atoms with E-state index in [9.17, 15) is 0 Å². The standard InChI is InChI=1S/C22H26N4O2/c1-16-3-6-21-24-22(17-4-5-19-20(13-17)28-12-11-27-19)18(26(21)14-16)15-25-9-2-7-23-8-10-25/h3-6,13-14,23H,2,7-12,15H2,1H3. The molecule has 3 aromatic rings. The van der Waals surface area contributed by atoms with Gasteiger partial charge in [0.25, 0.3) is 0 Å². The Hall–Kier alpha value is -2.57. The Labute approximate surface area is 165 Å². The fraction of sp³-hybridized carbons (Fsp3) is 0.409. The van der Waals surface area contributed by atoms with Crippen LogP contribution in [0.2, 0.25) is 0 Å². The topological polar surface area (TPSA) is 51.0 Å². The summed E-state index contributed by atoms with van der Waals surface area (Å²) in [5.41, 5.74) is 5.56. The molecule has 1 N–H and O–H groups in total. The average Bonchev–Trinajstić information content (AvgIpc) is 2.89. The van der Waals surface area contributed by atoms with Gasteiger partial charge in [0.15, 0.2) is 11.5 Å². The monoisotopic (exact) mass is 378 g/mol. The van der Waals surface area contributed by atoms with Gasteiger partial charge in [-0.3, -0.25) is 4.90 Å². The average molecular weight is 378 g/mol. The first-order valence-electron chi connectivity index (χ1n) is 10.1. The number of hydrogen-bond donors (Lipinski definition) is 1. The van der Waals surface area contributed by atoms with Gasteiger partial charge in [-0.25, -0.2) is 4.98 Å². The van der Waals surface area contributed by atoms with Crippen LogP contribution < -0.4 is 14.8 Å². The Balaban J connectivity index is 1.59. The van der Waals surface area contributed by atoms with Crippen molar-refractivity contribution in [2.45, 2.75) is 19.9 Å². The summed E-state index contributed by atoms with van der Waals surface area (Å²) in [4.78, 5) is 7.51. The molecule has 146 valence electrons. The molecule has 6 nitrogen and oxygen atoms in total. The molecule has 0 atom stereocenters. The SMILES string of the molecule is Cc1ccc2nc(-c3ccc4c(c3)OCCO4)c(CN3CCCNCC3)n2c1. The number of aromatic nitrogens is 2. The molecule has 0 unspecified atom stereocenters. The zero-order valence-corrected chi connectivity index (χ0v) is 16.3. The zero-order valence-electron chi connectivity index (χ0n) is 16.3. The summed E-state index contributed by atoms with van der Waals surface area (Å²) in [7, 11) is 0. The fourth-order valence-electron chi connectivity index (χ4n) is 4.04. The summed E-state index contributed by atoms with van der Waals surface area (Å²) in [6.45, 7) is 8.50. The van der Waals surface area contributed by atoms with Crippen molar-refractivity contribution in [2.75, 3.05) is 39.4 Å². The van der Waals surface area contributed by atoms with E-state index >= 15 is 0 Å². The van der Waals surface area contributed by atoms with Crippen molar-refractivity contribution in [3.63, 3.8) is 0 Å². The van der Waals surface area contributed by atoms with E-state index in [0.29, 0.717) is 13.2 Å². The number of rotatable bonds is 3. The second-order valence-corrected chi connectivity index (χ2v) is 7.58. The van der Waals surface area contributed by atoms with E-state index in [2.05, 4.69) is 52.0 Å². The number of nitrogens with zero attached hydrogens (tertiary/aromatic N) is 3. The van der Waals surface area contributed by atoms with Gasteiger partial charge in [-0.2, -0.15) is 0 Å². The molecule has 0 saturated carbocycles. The first-order chi connectivity index (χ1) is 13.8. The normalized spacial score (nSPS) is 17.6. The first kappa shape index (κ1) is 17.5. The van der Waals surface area contributed by atoms with Gasteiger partial charge in [-0.05, 0) is 56.3 Å². The summed E-state index contributed by atoms with van der Waals surface area (Å²) in [5.74, 6) is 1.62. The van der Waals surface area contributed by atoms with Crippen molar-refractivity contribution in [2.24, 2.45) is 0 Å². The Bertz CT molecular complexity index is 990. The van der Waals surface area contributed by atoms with Crippen molar-refractivity contribution in [3.05, 3.63) is 47.8 Å². The maximum Gasteiger partial charge on any atom is 0.162 e. The number of hydrogen-bond acceptors (Lipinski definition) is 5. The maximum atomic E-state index is 5.81. The quantitative estimate of drug-likeness (QED) is 0.760. The Morgan fingerprint density at radius 1 is 1.04 bits per heavy atom. The van der Waals surface area contributed by atoms with Crippen LogP contribution in [0.15, 0.2) is 36.5 Å². The molecule has 0 aliphatic carbocycles. The van der Waals surface area contributed by atoms with Gasteiger partial charge in [0.2, 0.25) is 0 Å². The highest BCUT2D eigenvalue weighted by Gasteiger charge is 2.20. The molecule has 1 saturated heterocycles. The summed E-state index contributed by atoms with van der Waals surface area (Å²) in [6, 6.07) is 10.4. The van der Waals surface area contributed by atoms with Crippen molar-refractivity contribution in [3.8, 4) is 22.8 Å². The van der Waals surface area contributed by atoms with Crippen LogP contribution in [0.1, 0.15) is 17.7 Å². The van der Waals surface area contributed by atoms with Gasteiger partial charge >= 0.3 is 0 Å². The van der Waals surface area contributed by atoms with E-state index in [1.54, 1.807) is 0 Å². The predicted octanol–water partition coefficient (Wildman–Crippen LogP) is 2.88. The molecular formula is C22H26N4O2. The van der Waals surface area contributed by atoms with Crippen LogP contribution in [0, 0.1) is 6.92 Å². The minimum absolute atomic E-state index is 0.592. The molecule has 0 amide bonds. The Morgan fingerprint density at radius 3 is 2.86 bits per heavy atom. The van der Waals surface area contributed by atoms with E-state index in [4.69, 9.17) is 14.5 Å². The molecule has 6 heteroatoms. The van der Waals surface area contributed by atoms with E-state index in [1.165, 1.54) is 17.7 Å². The highest BCUT2D eigenvalue weighted by molar-refractivity contribution is 5.69. The van der Waals surface area contributed by atoms with Crippen molar-refractivity contribution in [1.29, 1.82) is 0 Å². The van der Waals surface area contributed by atoms with Gasteiger partial charge in [0.1, 0.15) is 18.9 Å². The maximum absolute atomic E-state index is 5.81. The second-order valence-electron chi connectivity index (χ2n) is 7.58. The molecule has 5 rings (SSSR count). The third-order valence-electron chi connectivity index (χ3n) is 5.49. The number of aryl methyl sites for hydroxylation is 1. The second kappa shape index (κ2) is 7.45. The molecule has 2 aromatic heterocycles. The van der Waals surface area contributed by atoms with Crippen LogP contribution >= 0.6 is 0 Å². The van der Waals surface area contributed by atoms with Gasteiger partial charge < -0.3 is 19.2 Å². The minimum atomic E-state index is 0.592. The lowest BCUT2D eigenvalue weighted by Crippen LogP contribution is -2.28. The van der Waals surface area contributed by atoms with E-state index in [0.717, 1.165) is 61.1 Å². The van der Waals surface area contributed by atoms with E-state index < -0.39 is 0 Å². The lowest BCUT2D eigenvalue weighted by molar-refractivity contribution is 0.171. The molecule has 1 aromatic carbocycles. The summed E-state index contributed by atoms with van der Waals surface area (Å²) in [5, 5.41) is 3.49. The molecular weight excluding hydrogens is 352 g/mol. The zero-order chi connectivity index (χ0) is 18.9. The number of ether oxygens (including phenoxy) is 2. The predicted molar refractivity (Wildman–Crippen MR) is 109 cm³/mol. The molecule has 2 aliphatic rings. The first-order valence-corrected chi connectivity index (χ1v) is 10.1. The highest BCUT2D eigenvalue weighted by Crippen LogP contribution is 2.36. The lowest BCUT2D eigenvalue weighted by Gasteiger charge is -2.21. The summed E-state index contributed by atoms with van der Waals surface area (Å²) < 4.78 is 13.7. The third kappa shape index (κ3) is 3.34. The fourth-order valence-corrected chi connectivity index (χ4v) is 4.04. The van der Waals surface area contributed by atoms with Gasteiger partial charge in [-0.1, -0.05) is 6.07 Å². The molecule has 1 fully saturated rings. The number of fused-ring (bicyclic) bond motifs is 2. The van der Waals surface area contributed by atoms with E-state index in [-0.39, 0.29) is 0 Å². The molecule has 0 spiro atoms. The number of benzene rings is 1. The largest absolute Gasteiger partial charge is 0.486 e. The van der Waals surface area contributed by atoms with Crippen LogP contribution in [-0.4, -0.2) is 53.7 Å². The minimum Gasteiger partial charge on any atom is -0.486 e. The number of nitrogens with one attached hydrogen (secondary N) is 1. The van der Waals surface area contributed by atoms with Crippen LogP contribution in [0.5, 0.6) is 11.5 Å². The Kier molecular flexibility index (Phi) is 4.66. The van der Waals surface area contributed by atoms with Crippen molar-refractivity contribution in [1.82, 2.24) is 19.6 Å². The van der Waals surface area contributed by atoms with Crippen molar-refractivity contribution >= 4 is 5.65 Å². The summed E-state index contributed by atoms with van der Waals surface area (Å²) >= 11 is 0. The lowest BCUT2D eigenvalue weighted by atomic mass is 10.1. The van der Waals surface area contributed by atoms with Gasteiger partial charge in [0, 0.05) is 31.4 Å². The highest BCUT2D eigenvalue weighted by atomic mass is 16.6. The summed E-state index contributed by atoms with van der Waals surface area (Å²) in [6.07, 6.45) is 3.37. The van der Waals surface area contributed by atoms with Crippen LogP contribution in [-0.2, 0) is 6.54 Å². The van der Waals surface area contributed by atoms with Gasteiger partial charge in [-0.15, -0.1) is 0 Å². The molecule has 2 aliphatic heterocycles. The molecule has 0 bridgehead atoms. The smallest absolute Gasteiger partial charge is 0.162 e. The van der Waals surface area contributed by atoms with Gasteiger partial charge in [0.05, 0.1) is 11.4 Å². The van der Waals surface area contributed by atoms with E-state index in [1.807, 2.05) is 6.07 Å². The molecule has 28 heavy (non-hydrogen) atoms. The Morgan fingerprint density at radius 2 is 1.93 bits per heavy atom. The number of pyridine rings is 1. The van der Waals surface area contributed by atoms with Crippen molar-refractivity contribution < 1.29 is 9.47 Å². The van der Waals surface area contributed by atoms with Crippen LogP contribution in [0.3, 0.4) is 0 Å². The van der Waals surface area contributed by atoms with Crippen LogP contribution in [0.25, 0.3) is 16.9 Å². The third-order valence-corrected chi connectivity index (χ3v) is 5.49. The number of imidazole rings is 1. The molecule has 0 radical (unpaired) electrons. The molecule has 4 heterocycles.